The van der Waals surface area contributed by atoms with Crippen LogP contribution in [-0.2, 0) is 32.1 Å². The van der Waals surface area contributed by atoms with E-state index in [-0.39, 0.29) is 35.7 Å². The van der Waals surface area contributed by atoms with Gasteiger partial charge in [0.15, 0.2) is 0 Å². The van der Waals surface area contributed by atoms with Gasteiger partial charge in [-0.15, -0.1) is 13.2 Å². The molecule has 3 amide bonds. The summed E-state index contributed by atoms with van der Waals surface area (Å²) in [7, 11) is 0. The van der Waals surface area contributed by atoms with E-state index in [1.807, 2.05) is 67.6 Å². The number of hydrogen-bond acceptors (Lipinski definition) is 5. The fourth-order valence-corrected chi connectivity index (χ4v) is 8.40. The molecule has 7 atom stereocenters. The van der Waals surface area contributed by atoms with Crippen LogP contribution < -0.4 is 0 Å². The Morgan fingerprint density at radius 1 is 1.05 bits per heavy atom. The molecule has 234 valence electrons. The predicted molar refractivity (Wildman–Crippen MR) is 173 cm³/mol. The zero-order chi connectivity index (χ0) is 31.4. The predicted octanol–water partition coefficient (Wildman–Crippen LogP) is 3.98. The highest BCUT2D eigenvalue weighted by Crippen LogP contribution is 2.61. The molecule has 2 aromatic rings. The molecule has 1 N–H and O–H groups in total. The van der Waals surface area contributed by atoms with Crippen molar-refractivity contribution in [1.82, 2.24) is 14.7 Å². The maximum atomic E-state index is 14.8. The van der Waals surface area contributed by atoms with Gasteiger partial charge in [-0.2, -0.15) is 0 Å². The molecule has 0 saturated carbocycles. The van der Waals surface area contributed by atoms with E-state index in [4.69, 9.17) is 4.74 Å². The Balaban J connectivity index is 1.59. The van der Waals surface area contributed by atoms with Crippen LogP contribution in [0.1, 0.15) is 30.9 Å². The van der Waals surface area contributed by atoms with Crippen LogP contribution in [0.25, 0.3) is 0 Å². The first kappa shape index (κ1) is 32.1. The fraction of sp³-hybridized carbons (Fsp3) is 0.457. The van der Waals surface area contributed by atoms with E-state index in [2.05, 4.69) is 29.1 Å². The Hall–Kier alpha value is -3.27. The normalized spacial score (nSPS) is 27.6. The summed E-state index contributed by atoms with van der Waals surface area (Å²) < 4.78 is 6.76. The monoisotopic (exact) mass is 663 g/mol. The molecule has 0 aliphatic carbocycles. The smallest absolute Gasteiger partial charge is 0.249 e. The molecule has 44 heavy (non-hydrogen) atoms. The minimum atomic E-state index is -1.22. The second-order valence-corrected chi connectivity index (χ2v) is 13.2. The van der Waals surface area contributed by atoms with Gasteiger partial charge in [0.2, 0.25) is 17.7 Å². The molecule has 2 aromatic carbocycles. The van der Waals surface area contributed by atoms with E-state index in [1.165, 1.54) is 0 Å². The average molecular weight is 665 g/mol. The summed E-state index contributed by atoms with van der Waals surface area (Å²) >= 11 is 3.77. The molecule has 3 heterocycles. The molecular formula is C35H42BrN3O5. The van der Waals surface area contributed by atoms with Crippen molar-refractivity contribution in [3.63, 3.8) is 0 Å². The van der Waals surface area contributed by atoms with Crippen molar-refractivity contribution in [2.75, 3.05) is 26.2 Å². The molecule has 3 unspecified atom stereocenters. The van der Waals surface area contributed by atoms with Crippen molar-refractivity contribution in [3.05, 3.63) is 97.1 Å². The lowest BCUT2D eigenvalue weighted by Crippen LogP contribution is -2.59. The van der Waals surface area contributed by atoms with Crippen molar-refractivity contribution in [2.45, 2.75) is 61.3 Å². The van der Waals surface area contributed by atoms with Crippen molar-refractivity contribution < 1.29 is 24.2 Å². The van der Waals surface area contributed by atoms with Crippen LogP contribution in [0.5, 0.6) is 0 Å². The second-order valence-electron chi connectivity index (χ2n) is 12.0. The van der Waals surface area contributed by atoms with Crippen molar-refractivity contribution in [3.8, 4) is 0 Å². The van der Waals surface area contributed by atoms with Crippen molar-refractivity contribution in [2.24, 2.45) is 11.8 Å². The molecular weight excluding hydrogens is 622 g/mol. The molecule has 0 radical (unpaired) electrons. The summed E-state index contributed by atoms with van der Waals surface area (Å²) in [6.07, 6.45) is 4.32. The van der Waals surface area contributed by atoms with E-state index < -0.39 is 35.6 Å². The zero-order valence-corrected chi connectivity index (χ0v) is 26.8. The third-order valence-corrected chi connectivity index (χ3v) is 10.0. The largest absolute Gasteiger partial charge is 0.394 e. The number of aliphatic hydroxyl groups excluding tert-OH is 1. The molecule has 1 spiro atoms. The van der Waals surface area contributed by atoms with Crippen LogP contribution in [0.3, 0.4) is 0 Å². The summed E-state index contributed by atoms with van der Waals surface area (Å²) in [5.74, 6) is -2.36. The third kappa shape index (κ3) is 5.77. The Labute approximate surface area is 268 Å². The molecule has 8 nitrogen and oxygen atoms in total. The fourth-order valence-electron chi connectivity index (χ4n) is 7.45. The quantitative estimate of drug-likeness (QED) is 0.244. The van der Waals surface area contributed by atoms with Crippen molar-refractivity contribution in [1.29, 1.82) is 0 Å². The number of nitrogens with zero attached hydrogens (tertiary/aromatic N) is 3. The molecule has 3 fully saturated rings. The number of rotatable bonds is 14. The topological polar surface area (TPSA) is 90.4 Å². The van der Waals surface area contributed by atoms with E-state index in [0.717, 1.165) is 17.5 Å². The molecule has 0 aromatic heterocycles. The van der Waals surface area contributed by atoms with Gasteiger partial charge in [-0.05, 0) is 30.4 Å². The number of fused-ring (bicyclic) bond motifs is 1. The number of hydrogen-bond donors (Lipinski definition) is 1. The second kappa shape index (κ2) is 13.8. The number of halogens is 1. The molecule has 3 aliphatic heterocycles. The van der Waals surface area contributed by atoms with Gasteiger partial charge in [-0.1, -0.05) is 95.7 Å². The third-order valence-electron chi connectivity index (χ3n) is 9.20. The van der Waals surface area contributed by atoms with Gasteiger partial charge >= 0.3 is 0 Å². The highest BCUT2D eigenvalue weighted by atomic mass is 79.9. The van der Waals surface area contributed by atoms with Crippen LogP contribution in [0.15, 0.2) is 86.0 Å². The Bertz CT molecular complexity index is 1360. The number of ether oxygens (including phenoxy) is 1. The molecule has 3 aliphatic rings. The van der Waals surface area contributed by atoms with Crippen LogP contribution in [0.4, 0.5) is 0 Å². The molecule has 5 rings (SSSR count). The SMILES string of the molecule is C=CCN(Cc1ccccc1)C(=O)C1N([C@@H](CO)Cc2ccccc2)C(=O)[C@@H]2[C@@H](C(=O)N(CC=C)CCC)[C@@H]3OC12CC3Br. The lowest BCUT2D eigenvalue weighted by molar-refractivity contribution is -0.152. The number of likely N-dealkylation sites (tertiary alicyclic amines) is 1. The summed E-state index contributed by atoms with van der Waals surface area (Å²) in [6.45, 7) is 10.9. The Morgan fingerprint density at radius 2 is 1.66 bits per heavy atom. The number of carbonyl (C=O) groups excluding carboxylic acids is 3. The molecule has 3 saturated heterocycles. The van der Waals surface area contributed by atoms with Gasteiger partial charge in [0.25, 0.3) is 0 Å². The van der Waals surface area contributed by atoms with Gasteiger partial charge in [0.1, 0.15) is 11.6 Å². The summed E-state index contributed by atoms with van der Waals surface area (Å²) in [5.41, 5.74) is 0.654. The number of alkyl halides is 1. The highest BCUT2D eigenvalue weighted by molar-refractivity contribution is 9.09. The first-order valence-electron chi connectivity index (χ1n) is 15.4. The molecule has 2 bridgehead atoms. The average Bonchev–Trinajstić information content (AvgIpc) is 3.63. The highest BCUT2D eigenvalue weighted by Gasteiger charge is 2.77. The zero-order valence-electron chi connectivity index (χ0n) is 25.3. The Morgan fingerprint density at radius 3 is 2.25 bits per heavy atom. The minimum Gasteiger partial charge on any atom is -0.394 e. The van der Waals surface area contributed by atoms with Crippen LogP contribution in [-0.4, -0.2) is 92.4 Å². The number of benzene rings is 2. The lowest BCUT2D eigenvalue weighted by atomic mass is 9.70. The van der Waals surface area contributed by atoms with Crippen LogP contribution in [0, 0.1) is 11.8 Å². The maximum absolute atomic E-state index is 14.8. The summed E-state index contributed by atoms with van der Waals surface area (Å²) in [6, 6.07) is 17.6. The van der Waals surface area contributed by atoms with Crippen molar-refractivity contribution >= 4 is 33.7 Å². The van der Waals surface area contributed by atoms with Crippen LogP contribution in [0.2, 0.25) is 0 Å². The van der Waals surface area contributed by atoms with E-state index in [0.29, 0.717) is 32.5 Å². The lowest BCUT2D eigenvalue weighted by Gasteiger charge is -2.39. The summed E-state index contributed by atoms with van der Waals surface area (Å²) in [4.78, 5) is 48.5. The number of aliphatic hydroxyl groups is 1. The van der Waals surface area contributed by atoms with E-state index in [1.54, 1.807) is 26.9 Å². The van der Waals surface area contributed by atoms with E-state index >= 15 is 0 Å². The Kier molecular flexibility index (Phi) is 10.1. The number of amides is 3. The van der Waals surface area contributed by atoms with Crippen LogP contribution >= 0.6 is 15.9 Å². The van der Waals surface area contributed by atoms with Gasteiger partial charge in [-0.3, -0.25) is 14.4 Å². The standard InChI is InChI=1S/C35H42BrN3O5/c1-4-17-37(18-5-2)32(41)28-29-33(42)39(26(23-40)20-24-13-9-7-10-14-24)31(35(29)21-27(36)30(28)44-35)34(43)38(19-6-3)22-25-15-11-8-12-16-25/h4,6-16,26-31,40H,1,3,5,17-23H2,2H3/t26-,27?,28-,29+,30-,31?,35?/m1/s1. The summed E-state index contributed by atoms with van der Waals surface area (Å²) in [5, 5.41) is 10.8. The number of carbonyl (C=O) groups is 3. The van der Waals surface area contributed by atoms with E-state index in [9.17, 15) is 19.5 Å². The van der Waals surface area contributed by atoms with Gasteiger partial charge in [0.05, 0.1) is 30.6 Å². The van der Waals surface area contributed by atoms with Gasteiger partial charge in [-0.25, -0.2) is 0 Å². The maximum Gasteiger partial charge on any atom is 0.249 e. The minimum absolute atomic E-state index is 0.162. The first-order chi connectivity index (χ1) is 21.3. The van der Waals surface area contributed by atoms with Gasteiger partial charge < -0.3 is 24.5 Å². The molecule has 9 heteroatoms. The first-order valence-corrected chi connectivity index (χ1v) is 16.3. The van der Waals surface area contributed by atoms with Gasteiger partial charge in [0, 0.05) is 31.0 Å².